The molecule has 2 N–H and O–H groups in total. The zero-order valence-corrected chi connectivity index (χ0v) is 14.3. The van der Waals surface area contributed by atoms with Crippen molar-refractivity contribution < 1.29 is 4.79 Å². The highest BCUT2D eigenvalue weighted by Gasteiger charge is 2.23. The fourth-order valence-corrected chi connectivity index (χ4v) is 2.76. The SMILES string of the molecule is CCC(C)C(NC(=O)Cn1cc(C)cn1)c1nc2ccccc2[nH]1. The zero-order chi connectivity index (χ0) is 17.1. The van der Waals surface area contributed by atoms with Gasteiger partial charge in [0.1, 0.15) is 12.4 Å². The molecule has 24 heavy (non-hydrogen) atoms. The molecule has 0 aliphatic rings. The van der Waals surface area contributed by atoms with Gasteiger partial charge in [0, 0.05) is 6.20 Å². The van der Waals surface area contributed by atoms with Gasteiger partial charge in [0.15, 0.2) is 0 Å². The molecule has 1 aromatic carbocycles. The van der Waals surface area contributed by atoms with Crippen LogP contribution in [0.2, 0.25) is 0 Å². The first-order valence-electron chi connectivity index (χ1n) is 8.30. The molecule has 0 radical (unpaired) electrons. The fourth-order valence-electron chi connectivity index (χ4n) is 2.76. The molecule has 1 amide bonds. The van der Waals surface area contributed by atoms with E-state index in [9.17, 15) is 4.79 Å². The lowest BCUT2D eigenvalue weighted by molar-refractivity contribution is -0.123. The normalized spacial score (nSPS) is 13.8. The minimum absolute atomic E-state index is 0.0659. The van der Waals surface area contributed by atoms with E-state index in [2.05, 4.69) is 34.2 Å². The van der Waals surface area contributed by atoms with Gasteiger partial charge in [-0.05, 0) is 30.5 Å². The molecule has 126 valence electrons. The maximum Gasteiger partial charge on any atom is 0.242 e. The molecular weight excluding hydrogens is 302 g/mol. The van der Waals surface area contributed by atoms with E-state index in [-0.39, 0.29) is 24.4 Å². The number of nitrogens with zero attached hydrogens (tertiary/aromatic N) is 3. The van der Waals surface area contributed by atoms with Crippen LogP contribution in [0.1, 0.15) is 37.7 Å². The zero-order valence-electron chi connectivity index (χ0n) is 14.3. The van der Waals surface area contributed by atoms with Crippen LogP contribution in [0.4, 0.5) is 0 Å². The van der Waals surface area contributed by atoms with Gasteiger partial charge in [-0.3, -0.25) is 9.48 Å². The minimum atomic E-state index is -0.147. The highest BCUT2D eigenvalue weighted by Crippen LogP contribution is 2.24. The number of hydrogen-bond donors (Lipinski definition) is 2. The minimum Gasteiger partial charge on any atom is -0.344 e. The fraction of sp³-hybridized carbons (Fsp3) is 0.389. The van der Waals surface area contributed by atoms with Crippen LogP contribution < -0.4 is 5.32 Å². The molecule has 0 saturated carbocycles. The standard InChI is InChI=1S/C18H23N5O/c1-4-13(3)17(18-20-14-7-5-6-8-15(14)21-18)22-16(24)11-23-10-12(2)9-19-23/h5-10,13,17H,4,11H2,1-3H3,(H,20,21)(H,22,24). The number of benzene rings is 1. The number of aromatic amines is 1. The van der Waals surface area contributed by atoms with Crippen LogP contribution in [0.3, 0.4) is 0 Å². The van der Waals surface area contributed by atoms with Gasteiger partial charge in [-0.1, -0.05) is 32.4 Å². The van der Waals surface area contributed by atoms with E-state index in [4.69, 9.17) is 0 Å². The van der Waals surface area contributed by atoms with Crippen molar-refractivity contribution in [1.82, 2.24) is 25.1 Å². The number of aryl methyl sites for hydroxylation is 1. The van der Waals surface area contributed by atoms with Gasteiger partial charge in [0.05, 0.1) is 23.3 Å². The monoisotopic (exact) mass is 325 g/mol. The van der Waals surface area contributed by atoms with Crippen molar-refractivity contribution in [3.8, 4) is 0 Å². The number of carbonyl (C=O) groups excluding carboxylic acids is 1. The number of hydrogen-bond acceptors (Lipinski definition) is 3. The Balaban J connectivity index is 1.79. The topological polar surface area (TPSA) is 75.6 Å². The summed E-state index contributed by atoms with van der Waals surface area (Å²) in [6.07, 6.45) is 4.56. The second-order valence-electron chi connectivity index (χ2n) is 6.29. The third kappa shape index (κ3) is 3.48. The number of H-pyrrole nitrogens is 1. The number of aromatic nitrogens is 4. The van der Waals surface area contributed by atoms with Crippen LogP contribution in [-0.4, -0.2) is 25.7 Å². The molecule has 6 heteroatoms. The Morgan fingerprint density at radius 2 is 2.17 bits per heavy atom. The van der Waals surface area contributed by atoms with E-state index in [1.165, 1.54) is 0 Å². The summed E-state index contributed by atoms with van der Waals surface area (Å²) in [5.74, 6) is 1.01. The van der Waals surface area contributed by atoms with Crippen molar-refractivity contribution in [2.75, 3.05) is 0 Å². The van der Waals surface area contributed by atoms with Crippen LogP contribution in [0.15, 0.2) is 36.7 Å². The van der Waals surface area contributed by atoms with E-state index in [0.29, 0.717) is 0 Å². The van der Waals surface area contributed by atoms with Crippen molar-refractivity contribution in [2.45, 2.75) is 39.8 Å². The molecule has 2 heterocycles. The summed E-state index contributed by atoms with van der Waals surface area (Å²) in [6.45, 7) is 6.40. The highest BCUT2D eigenvalue weighted by molar-refractivity contribution is 5.77. The summed E-state index contributed by atoms with van der Waals surface area (Å²) < 4.78 is 1.65. The Morgan fingerprint density at radius 3 is 2.83 bits per heavy atom. The molecule has 0 spiro atoms. The average Bonchev–Trinajstić information content (AvgIpc) is 3.17. The molecule has 0 fully saturated rings. The highest BCUT2D eigenvalue weighted by atomic mass is 16.2. The maximum atomic E-state index is 12.4. The molecule has 3 aromatic rings. The molecule has 2 unspecified atom stereocenters. The van der Waals surface area contributed by atoms with E-state index in [1.54, 1.807) is 10.9 Å². The maximum absolute atomic E-state index is 12.4. The number of para-hydroxylation sites is 2. The van der Waals surface area contributed by atoms with Crippen LogP contribution in [0, 0.1) is 12.8 Å². The lowest BCUT2D eigenvalue weighted by atomic mass is 9.98. The summed E-state index contributed by atoms with van der Waals surface area (Å²) >= 11 is 0. The summed E-state index contributed by atoms with van der Waals surface area (Å²) in [6, 6.07) is 7.75. The van der Waals surface area contributed by atoms with Crippen LogP contribution in [0.25, 0.3) is 11.0 Å². The first-order valence-corrected chi connectivity index (χ1v) is 8.30. The van der Waals surface area contributed by atoms with Crippen molar-refractivity contribution in [3.05, 3.63) is 48.0 Å². The molecule has 2 aromatic heterocycles. The number of fused-ring (bicyclic) bond motifs is 1. The molecule has 0 saturated heterocycles. The second kappa shape index (κ2) is 6.86. The van der Waals surface area contributed by atoms with Crippen molar-refractivity contribution in [1.29, 1.82) is 0 Å². The van der Waals surface area contributed by atoms with E-state index < -0.39 is 0 Å². The van der Waals surface area contributed by atoms with E-state index >= 15 is 0 Å². The van der Waals surface area contributed by atoms with Crippen LogP contribution in [-0.2, 0) is 11.3 Å². The van der Waals surface area contributed by atoms with Crippen LogP contribution in [0.5, 0.6) is 0 Å². The molecule has 0 bridgehead atoms. The molecule has 0 aliphatic carbocycles. The lowest BCUT2D eigenvalue weighted by Crippen LogP contribution is -2.35. The summed E-state index contributed by atoms with van der Waals surface area (Å²) in [7, 11) is 0. The number of amides is 1. The molecular formula is C18H23N5O. The molecule has 6 nitrogen and oxygen atoms in total. The van der Waals surface area contributed by atoms with Crippen molar-refractivity contribution in [3.63, 3.8) is 0 Å². The number of nitrogens with one attached hydrogen (secondary N) is 2. The van der Waals surface area contributed by atoms with Gasteiger partial charge in [-0.2, -0.15) is 5.10 Å². The Bertz CT molecular complexity index is 802. The van der Waals surface area contributed by atoms with E-state index in [1.807, 2.05) is 37.4 Å². The third-order valence-electron chi connectivity index (χ3n) is 4.30. The Kier molecular flexibility index (Phi) is 4.64. The Labute approximate surface area is 141 Å². The average molecular weight is 325 g/mol. The van der Waals surface area contributed by atoms with Gasteiger partial charge in [-0.25, -0.2) is 4.98 Å². The predicted molar refractivity (Wildman–Crippen MR) is 93.4 cm³/mol. The first-order chi connectivity index (χ1) is 11.6. The lowest BCUT2D eigenvalue weighted by Gasteiger charge is -2.22. The van der Waals surface area contributed by atoms with Gasteiger partial charge in [0.25, 0.3) is 0 Å². The van der Waals surface area contributed by atoms with Gasteiger partial charge in [-0.15, -0.1) is 0 Å². The van der Waals surface area contributed by atoms with Gasteiger partial charge >= 0.3 is 0 Å². The van der Waals surface area contributed by atoms with Crippen molar-refractivity contribution in [2.24, 2.45) is 5.92 Å². The quantitative estimate of drug-likeness (QED) is 0.731. The number of carbonyl (C=O) groups is 1. The number of imidazole rings is 1. The Hall–Kier alpha value is -2.63. The van der Waals surface area contributed by atoms with Gasteiger partial charge in [0.2, 0.25) is 5.91 Å². The summed E-state index contributed by atoms with van der Waals surface area (Å²) in [5.41, 5.74) is 2.94. The smallest absolute Gasteiger partial charge is 0.242 e. The molecule has 0 aliphatic heterocycles. The first kappa shape index (κ1) is 16.2. The van der Waals surface area contributed by atoms with E-state index in [0.717, 1.165) is 28.8 Å². The second-order valence-corrected chi connectivity index (χ2v) is 6.29. The summed E-state index contributed by atoms with van der Waals surface area (Å²) in [5, 5.41) is 7.28. The van der Waals surface area contributed by atoms with Gasteiger partial charge < -0.3 is 10.3 Å². The number of rotatable bonds is 6. The molecule has 2 atom stereocenters. The Morgan fingerprint density at radius 1 is 1.38 bits per heavy atom. The molecule has 3 rings (SSSR count). The predicted octanol–water partition coefficient (Wildman–Crippen LogP) is 2.97. The van der Waals surface area contributed by atoms with Crippen LogP contribution >= 0.6 is 0 Å². The largest absolute Gasteiger partial charge is 0.344 e. The van der Waals surface area contributed by atoms with Crippen molar-refractivity contribution >= 4 is 16.9 Å². The summed E-state index contributed by atoms with van der Waals surface area (Å²) in [4.78, 5) is 20.4. The third-order valence-corrected chi connectivity index (χ3v) is 4.30.